The van der Waals surface area contributed by atoms with Crippen molar-refractivity contribution in [3.63, 3.8) is 0 Å². The molecular weight excluding hydrogens is 490 g/mol. The zero-order valence-corrected chi connectivity index (χ0v) is 20.9. The molecule has 7 aromatic rings. The van der Waals surface area contributed by atoms with Gasteiger partial charge in [-0.25, -0.2) is 4.98 Å². The van der Waals surface area contributed by atoms with E-state index in [0.29, 0.717) is 11.6 Å². The van der Waals surface area contributed by atoms with Crippen LogP contribution in [0.4, 0.5) is 0 Å². The molecule has 0 spiro atoms. The van der Waals surface area contributed by atoms with Gasteiger partial charge in [0.05, 0.1) is 0 Å². The van der Waals surface area contributed by atoms with E-state index < -0.39 is 0 Å². The van der Waals surface area contributed by atoms with Crippen molar-refractivity contribution in [2.75, 3.05) is 0 Å². The third-order valence-corrected chi connectivity index (χ3v) is 6.88. The first-order valence-corrected chi connectivity index (χ1v) is 12.7. The summed E-state index contributed by atoms with van der Waals surface area (Å²) in [4.78, 5) is 13.8. The minimum Gasteiger partial charge on any atom is -0.455 e. The molecule has 0 radical (unpaired) electrons. The van der Waals surface area contributed by atoms with Crippen molar-refractivity contribution < 1.29 is 4.42 Å². The molecule has 38 heavy (non-hydrogen) atoms. The molecule has 0 amide bonds. The lowest BCUT2D eigenvalue weighted by Gasteiger charge is -2.12. The molecule has 0 saturated heterocycles. The summed E-state index contributed by atoms with van der Waals surface area (Å²) in [5.41, 5.74) is 7.54. The molecule has 0 aliphatic heterocycles. The lowest BCUT2D eigenvalue weighted by atomic mass is 9.94. The van der Waals surface area contributed by atoms with E-state index in [-0.39, 0.29) is 5.28 Å². The van der Waals surface area contributed by atoms with Crippen molar-refractivity contribution in [1.82, 2.24) is 15.0 Å². The van der Waals surface area contributed by atoms with Gasteiger partial charge in [0.25, 0.3) is 0 Å². The third kappa shape index (κ3) is 3.92. The molecule has 7 rings (SSSR count). The molecule has 180 valence electrons. The minimum absolute atomic E-state index is 0.143. The van der Waals surface area contributed by atoms with Gasteiger partial charge < -0.3 is 4.42 Å². The van der Waals surface area contributed by atoms with Crippen molar-refractivity contribution in [1.29, 1.82) is 0 Å². The average Bonchev–Trinajstić information content (AvgIpc) is 3.36. The summed E-state index contributed by atoms with van der Waals surface area (Å²) in [6, 6.07) is 40.8. The Labute approximate surface area is 224 Å². The largest absolute Gasteiger partial charge is 0.455 e. The number of halogens is 1. The van der Waals surface area contributed by atoms with Gasteiger partial charge in [0, 0.05) is 27.5 Å². The second-order valence-corrected chi connectivity index (χ2v) is 9.36. The molecule has 0 saturated carbocycles. The van der Waals surface area contributed by atoms with Gasteiger partial charge in [-0.3, -0.25) is 0 Å². The number of hydrogen-bond acceptors (Lipinski definition) is 4. The molecular formula is C33H20ClN3O. The molecule has 2 aromatic heterocycles. The van der Waals surface area contributed by atoms with Crippen LogP contribution in [0.15, 0.2) is 126 Å². The van der Waals surface area contributed by atoms with Crippen LogP contribution in [0.1, 0.15) is 0 Å². The highest BCUT2D eigenvalue weighted by Gasteiger charge is 2.20. The van der Waals surface area contributed by atoms with Crippen LogP contribution in [0.5, 0.6) is 0 Å². The number of benzene rings is 5. The highest BCUT2D eigenvalue weighted by Crippen LogP contribution is 2.42. The number of nitrogens with zero attached hydrogens (tertiary/aromatic N) is 3. The van der Waals surface area contributed by atoms with Gasteiger partial charge in [0.15, 0.2) is 11.6 Å². The van der Waals surface area contributed by atoms with Gasteiger partial charge in [-0.1, -0.05) is 103 Å². The van der Waals surface area contributed by atoms with Gasteiger partial charge in [-0.15, -0.1) is 0 Å². The van der Waals surface area contributed by atoms with Crippen molar-refractivity contribution in [3.8, 4) is 45.0 Å². The van der Waals surface area contributed by atoms with Gasteiger partial charge in [0.2, 0.25) is 5.28 Å². The van der Waals surface area contributed by atoms with Crippen LogP contribution in [0, 0.1) is 0 Å². The molecule has 0 fully saturated rings. The number of fused-ring (bicyclic) bond motifs is 3. The standard InChI is InChI=1S/C33H20ClN3O/c34-33-36-31(24-11-5-2-6-12-24)35-32(37-33)27-20-19-26-25-13-7-8-14-28(25)38-30(26)29(27)23-17-15-22(16-18-23)21-9-3-1-4-10-21/h1-20H. The number of aromatic nitrogens is 3. The first-order chi connectivity index (χ1) is 18.7. The van der Waals surface area contributed by atoms with E-state index in [4.69, 9.17) is 21.0 Å². The first-order valence-electron chi connectivity index (χ1n) is 12.3. The van der Waals surface area contributed by atoms with Gasteiger partial charge in [-0.2, -0.15) is 9.97 Å². The van der Waals surface area contributed by atoms with Crippen LogP contribution in [0.2, 0.25) is 5.28 Å². The molecule has 4 nitrogen and oxygen atoms in total. The highest BCUT2D eigenvalue weighted by molar-refractivity contribution is 6.28. The number of rotatable bonds is 4. The third-order valence-electron chi connectivity index (χ3n) is 6.71. The second-order valence-electron chi connectivity index (χ2n) is 9.02. The maximum absolute atomic E-state index is 6.46. The van der Waals surface area contributed by atoms with Crippen LogP contribution in [-0.4, -0.2) is 15.0 Å². The van der Waals surface area contributed by atoms with E-state index in [1.807, 2.05) is 72.8 Å². The lowest BCUT2D eigenvalue weighted by Crippen LogP contribution is -1.98. The van der Waals surface area contributed by atoms with Crippen LogP contribution < -0.4 is 0 Å². The Kier molecular flexibility index (Phi) is 5.46. The van der Waals surface area contributed by atoms with E-state index in [1.54, 1.807) is 0 Å². The minimum atomic E-state index is 0.143. The summed E-state index contributed by atoms with van der Waals surface area (Å²) in [5, 5.41) is 2.24. The van der Waals surface area contributed by atoms with Crippen molar-refractivity contribution in [2.45, 2.75) is 0 Å². The van der Waals surface area contributed by atoms with E-state index >= 15 is 0 Å². The summed E-state index contributed by atoms with van der Waals surface area (Å²) in [6.07, 6.45) is 0. The fourth-order valence-electron chi connectivity index (χ4n) is 4.91. The number of furan rings is 1. The lowest BCUT2D eigenvalue weighted by molar-refractivity contribution is 0.670. The zero-order valence-electron chi connectivity index (χ0n) is 20.2. The number of para-hydroxylation sites is 1. The normalized spacial score (nSPS) is 11.3. The molecule has 0 bridgehead atoms. The molecule has 0 atom stereocenters. The maximum Gasteiger partial charge on any atom is 0.226 e. The second kappa shape index (κ2) is 9.25. The van der Waals surface area contributed by atoms with Crippen LogP contribution in [-0.2, 0) is 0 Å². The predicted octanol–water partition coefficient (Wildman–Crippen LogP) is 9.09. The van der Waals surface area contributed by atoms with Gasteiger partial charge >= 0.3 is 0 Å². The summed E-state index contributed by atoms with van der Waals surface area (Å²) in [6.45, 7) is 0. The molecule has 0 aliphatic carbocycles. The summed E-state index contributed by atoms with van der Waals surface area (Å²) in [7, 11) is 0. The maximum atomic E-state index is 6.46. The molecule has 0 unspecified atom stereocenters. The predicted molar refractivity (Wildman–Crippen MR) is 154 cm³/mol. The molecule has 5 heteroatoms. The molecule has 0 N–H and O–H groups in total. The Balaban J connectivity index is 1.47. The van der Waals surface area contributed by atoms with Gasteiger partial charge in [0.1, 0.15) is 11.2 Å². The van der Waals surface area contributed by atoms with Gasteiger partial charge in [-0.05, 0) is 46.5 Å². The summed E-state index contributed by atoms with van der Waals surface area (Å²) < 4.78 is 6.46. The average molecular weight is 510 g/mol. The topological polar surface area (TPSA) is 51.8 Å². The van der Waals surface area contributed by atoms with E-state index in [1.165, 1.54) is 0 Å². The smallest absolute Gasteiger partial charge is 0.226 e. The van der Waals surface area contributed by atoms with E-state index in [9.17, 15) is 0 Å². The first kappa shape index (κ1) is 22.4. The number of hydrogen-bond donors (Lipinski definition) is 0. The van der Waals surface area contributed by atoms with Crippen LogP contribution >= 0.6 is 11.6 Å². The quantitative estimate of drug-likeness (QED) is 0.237. The summed E-state index contributed by atoms with van der Waals surface area (Å²) in [5.74, 6) is 1.02. The molecule has 0 aliphatic rings. The van der Waals surface area contributed by atoms with Crippen molar-refractivity contribution in [3.05, 3.63) is 127 Å². The Hall–Kier alpha value is -4.80. The molecule has 2 heterocycles. The Morgan fingerprint density at radius 1 is 0.474 bits per heavy atom. The van der Waals surface area contributed by atoms with Crippen molar-refractivity contribution in [2.24, 2.45) is 0 Å². The SMILES string of the molecule is Clc1nc(-c2ccccc2)nc(-c2ccc3c(oc4ccccc43)c2-c2ccc(-c3ccccc3)cc2)n1. The summed E-state index contributed by atoms with van der Waals surface area (Å²) >= 11 is 6.43. The zero-order chi connectivity index (χ0) is 25.5. The Bertz CT molecular complexity index is 1910. The highest BCUT2D eigenvalue weighted by atomic mass is 35.5. The van der Waals surface area contributed by atoms with Crippen LogP contribution in [0.25, 0.3) is 67.0 Å². The van der Waals surface area contributed by atoms with Crippen molar-refractivity contribution >= 4 is 33.5 Å². The van der Waals surface area contributed by atoms with E-state index in [2.05, 4.69) is 58.5 Å². The Morgan fingerprint density at radius 2 is 1.08 bits per heavy atom. The monoisotopic (exact) mass is 509 g/mol. The fourth-order valence-corrected chi connectivity index (χ4v) is 5.07. The fraction of sp³-hybridized carbons (Fsp3) is 0. The Morgan fingerprint density at radius 3 is 1.84 bits per heavy atom. The van der Waals surface area contributed by atoms with E-state index in [0.717, 1.165) is 55.3 Å². The molecule has 5 aromatic carbocycles. The van der Waals surface area contributed by atoms with Crippen LogP contribution in [0.3, 0.4) is 0 Å².